The number of hydrogen-bond acceptors (Lipinski definition) is 5. The number of benzene rings is 2. The van der Waals surface area contributed by atoms with E-state index in [9.17, 15) is 0 Å². The van der Waals surface area contributed by atoms with Gasteiger partial charge < -0.3 is 8.83 Å². The number of rotatable bonds is 7. The van der Waals surface area contributed by atoms with Crippen molar-refractivity contribution in [3.8, 4) is 11.5 Å². The monoisotopic (exact) mass is 379 g/mol. The van der Waals surface area contributed by atoms with Crippen LogP contribution in [0, 0.1) is 0 Å². The first-order valence-corrected chi connectivity index (χ1v) is 9.01. The highest BCUT2D eigenvalue weighted by molar-refractivity contribution is 6.33. The molecule has 2 aromatic carbocycles. The summed E-state index contributed by atoms with van der Waals surface area (Å²) in [6.07, 6.45) is 1.68. The molecule has 4 rings (SSSR count). The van der Waals surface area contributed by atoms with Crippen LogP contribution in [0.2, 0.25) is 5.02 Å². The van der Waals surface area contributed by atoms with E-state index in [0.29, 0.717) is 29.9 Å². The van der Waals surface area contributed by atoms with Gasteiger partial charge in [0.1, 0.15) is 5.76 Å². The molecule has 0 unspecified atom stereocenters. The van der Waals surface area contributed by atoms with Gasteiger partial charge in [-0.3, -0.25) is 4.90 Å². The lowest BCUT2D eigenvalue weighted by Gasteiger charge is -2.19. The highest BCUT2D eigenvalue weighted by Gasteiger charge is 2.16. The van der Waals surface area contributed by atoms with Gasteiger partial charge in [-0.15, -0.1) is 10.2 Å². The largest absolute Gasteiger partial charge is 0.468 e. The van der Waals surface area contributed by atoms with Crippen molar-refractivity contribution in [1.29, 1.82) is 0 Å². The third-order valence-corrected chi connectivity index (χ3v) is 4.47. The molecule has 0 saturated heterocycles. The Morgan fingerprint density at radius 3 is 2.41 bits per heavy atom. The highest BCUT2D eigenvalue weighted by atomic mass is 35.5. The third kappa shape index (κ3) is 4.45. The van der Waals surface area contributed by atoms with Crippen LogP contribution in [0.15, 0.2) is 81.8 Å². The van der Waals surface area contributed by atoms with Crippen molar-refractivity contribution in [2.24, 2.45) is 0 Å². The van der Waals surface area contributed by atoms with E-state index in [1.54, 1.807) is 12.3 Å². The molecule has 0 bridgehead atoms. The molecule has 6 heteroatoms. The predicted octanol–water partition coefficient (Wildman–Crippen LogP) is 5.19. The van der Waals surface area contributed by atoms with Crippen LogP contribution in [0.5, 0.6) is 0 Å². The molecule has 5 nitrogen and oxygen atoms in total. The van der Waals surface area contributed by atoms with Gasteiger partial charge in [0, 0.05) is 6.54 Å². The Hall–Kier alpha value is -2.89. The van der Waals surface area contributed by atoms with E-state index in [2.05, 4.69) is 27.2 Å². The number of nitrogens with zero attached hydrogens (tertiary/aromatic N) is 3. The minimum absolute atomic E-state index is 0.424. The summed E-state index contributed by atoms with van der Waals surface area (Å²) in [6.45, 7) is 1.89. The van der Waals surface area contributed by atoms with Gasteiger partial charge in [0.05, 0.1) is 29.9 Å². The standard InChI is InChI=1S/C21H18ClN3O2/c22-19-11-5-4-10-18(19)21-24-23-20(27-21)15-25(14-17-9-6-12-26-17)13-16-7-2-1-3-8-16/h1-12H,13-15H2. The van der Waals surface area contributed by atoms with Crippen molar-refractivity contribution in [3.63, 3.8) is 0 Å². The summed E-state index contributed by atoms with van der Waals surface area (Å²) in [4.78, 5) is 2.19. The zero-order valence-corrected chi connectivity index (χ0v) is 15.3. The van der Waals surface area contributed by atoms with Crippen molar-refractivity contribution in [2.75, 3.05) is 0 Å². The Labute approximate surface area is 162 Å². The summed E-state index contributed by atoms with van der Waals surface area (Å²) in [5.41, 5.74) is 1.94. The van der Waals surface area contributed by atoms with E-state index in [-0.39, 0.29) is 0 Å². The van der Waals surface area contributed by atoms with Crippen LogP contribution in [0.1, 0.15) is 17.2 Å². The van der Waals surface area contributed by atoms with Gasteiger partial charge in [0.2, 0.25) is 11.8 Å². The number of hydrogen-bond donors (Lipinski definition) is 0. The number of aromatic nitrogens is 2. The lowest BCUT2D eigenvalue weighted by atomic mass is 10.2. The van der Waals surface area contributed by atoms with Crippen molar-refractivity contribution in [1.82, 2.24) is 15.1 Å². The number of halogens is 1. The molecule has 0 aliphatic heterocycles. The highest BCUT2D eigenvalue weighted by Crippen LogP contribution is 2.26. The summed E-state index contributed by atoms with van der Waals surface area (Å²) in [5.74, 6) is 1.84. The van der Waals surface area contributed by atoms with Crippen LogP contribution >= 0.6 is 11.6 Å². The molecule has 0 fully saturated rings. The van der Waals surface area contributed by atoms with E-state index in [0.717, 1.165) is 17.9 Å². The van der Waals surface area contributed by atoms with Crippen LogP contribution in [0.4, 0.5) is 0 Å². The van der Waals surface area contributed by atoms with Gasteiger partial charge in [-0.05, 0) is 29.8 Å². The molecule has 27 heavy (non-hydrogen) atoms. The molecule has 0 amide bonds. The first-order chi connectivity index (χ1) is 13.3. The molecule has 0 atom stereocenters. The Kier molecular flexibility index (Phi) is 5.32. The van der Waals surface area contributed by atoms with Gasteiger partial charge in [-0.2, -0.15) is 0 Å². The van der Waals surface area contributed by atoms with E-state index >= 15 is 0 Å². The van der Waals surface area contributed by atoms with Gasteiger partial charge in [-0.1, -0.05) is 54.1 Å². The first-order valence-electron chi connectivity index (χ1n) is 8.64. The second kappa shape index (κ2) is 8.20. The van der Waals surface area contributed by atoms with Crippen LogP contribution < -0.4 is 0 Å². The lowest BCUT2D eigenvalue weighted by molar-refractivity contribution is 0.206. The molecule has 2 heterocycles. The molecule has 0 saturated carbocycles. The molecule has 4 aromatic rings. The quantitative estimate of drug-likeness (QED) is 0.442. The maximum absolute atomic E-state index is 6.23. The summed E-state index contributed by atoms with van der Waals surface area (Å²) < 4.78 is 11.4. The average Bonchev–Trinajstić information content (AvgIpc) is 3.35. The van der Waals surface area contributed by atoms with E-state index in [1.165, 1.54) is 5.56 Å². The molecule has 0 aliphatic carbocycles. The fraction of sp³-hybridized carbons (Fsp3) is 0.143. The maximum Gasteiger partial charge on any atom is 0.249 e. The zero-order valence-electron chi connectivity index (χ0n) is 14.6. The Bertz CT molecular complexity index is 984. The van der Waals surface area contributed by atoms with E-state index in [1.807, 2.05) is 48.5 Å². The summed E-state index contributed by atoms with van der Waals surface area (Å²) in [6, 6.07) is 21.5. The molecular weight excluding hydrogens is 362 g/mol. The Morgan fingerprint density at radius 2 is 1.63 bits per heavy atom. The molecule has 0 spiro atoms. The van der Waals surface area contributed by atoms with Crippen molar-refractivity contribution < 1.29 is 8.83 Å². The topological polar surface area (TPSA) is 55.3 Å². The fourth-order valence-corrected chi connectivity index (χ4v) is 3.10. The summed E-state index contributed by atoms with van der Waals surface area (Å²) in [7, 11) is 0. The van der Waals surface area contributed by atoms with E-state index in [4.69, 9.17) is 20.4 Å². The fourth-order valence-electron chi connectivity index (χ4n) is 2.88. The minimum atomic E-state index is 0.424. The molecule has 136 valence electrons. The molecule has 2 aromatic heterocycles. The smallest absolute Gasteiger partial charge is 0.249 e. The maximum atomic E-state index is 6.23. The van der Waals surface area contributed by atoms with E-state index < -0.39 is 0 Å². The van der Waals surface area contributed by atoms with Crippen LogP contribution in [-0.4, -0.2) is 15.1 Å². The second-order valence-corrected chi connectivity index (χ2v) is 6.60. The van der Waals surface area contributed by atoms with Crippen LogP contribution in [0.3, 0.4) is 0 Å². The lowest BCUT2D eigenvalue weighted by Crippen LogP contribution is -2.22. The van der Waals surface area contributed by atoms with Gasteiger partial charge >= 0.3 is 0 Å². The second-order valence-electron chi connectivity index (χ2n) is 6.19. The van der Waals surface area contributed by atoms with Crippen LogP contribution in [0.25, 0.3) is 11.5 Å². The van der Waals surface area contributed by atoms with Crippen molar-refractivity contribution in [3.05, 3.63) is 95.2 Å². The average molecular weight is 380 g/mol. The zero-order chi connectivity index (χ0) is 18.5. The first kappa shape index (κ1) is 17.5. The molecule has 0 radical (unpaired) electrons. The normalized spacial score (nSPS) is 11.2. The van der Waals surface area contributed by atoms with Gasteiger partial charge in [0.25, 0.3) is 0 Å². The summed E-state index contributed by atoms with van der Waals surface area (Å²) in [5, 5.41) is 8.94. The number of furan rings is 1. The Morgan fingerprint density at radius 1 is 0.815 bits per heavy atom. The van der Waals surface area contributed by atoms with Gasteiger partial charge in [0.15, 0.2) is 0 Å². The summed E-state index contributed by atoms with van der Waals surface area (Å²) >= 11 is 6.23. The predicted molar refractivity (Wildman–Crippen MR) is 103 cm³/mol. The van der Waals surface area contributed by atoms with Crippen molar-refractivity contribution in [2.45, 2.75) is 19.6 Å². The molecule has 0 aliphatic rings. The SMILES string of the molecule is Clc1ccccc1-c1nnc(CN(Cc2ccccc2)Cc2ccco2)o1. The third-order valence-electron chi connectivity index (χ3n) is 4.14. The van der Waals surface area contributed by atoms with Crippen LogP contribution in [-0.2, 0) is 19.6 Å². The molecular formula is C21H18ClN3O2. The minimum Gasteiger partial charge on any atom is -0.468 e. The van der Waals surface area contributed by atoms with Crippen molar-refractivity contribution >= 4 is 11.6 Å². The molecule has 0 N–H and O–H groups in total. The van der Waals surface area contributed by atoms with Gasteiger partial charge in [-0.25, -0.2) is 0 Å². The Balaban J connectivity index is 1.53.